The van der Waals surface area contributed by atoms with Crippen LogP contribution in [0.5, 0.6) is 11.5 Å². The summed E-state index contributed by atoms with van der Waals surface area (Å²) in [6, 6.07) is 18.1. The Bertz CT molecular complexity index is 898. The molecule has 2 aromatic rings. The number of ether oxygens (including phenoxy) is 3. The lowest BCUT2D eigenvalue weighted by Gasteiger charge is -2.37. The third-order valence-corrected chi connectivity index (χ3v) is 6.86. The summed E-state index contributed by atoms with van der Waals surface area (Å²) in [7, 11) is 0. The zero-order chi connectivity index (χ0) is 21.8. The molecule has 3 aliphatic heterocycles. The molecule has 0 unspecified atom stereocenters. The molecule has 0 radical (unpaired) electrons. The first-order valence-electron chi connectivity index (χ1n) is 11.8. The minimum absolute atomic E-state index is 0.0152. The van der Waals surface area contributed by atoms with Crippen molar-refractivity contribution in [1.82, 2.24) is 9.80 Å². The number of likely N-dealkylation sites (tertiary alicyclic amines) is 1. The van der Waals surface area contributed by atoms with Crippen molar-refractivity contribution < 1.29 is 19.0 Å². The molecule has 2 saturated heterocycles. The van der Waals surface area contributed by atoms with Crippen LogP contribution in [-0.2, 0) is 9.53 Å². The van der Waals surface area contributed by atoms with Crippen molar-refractivity contribution in [3.8, 4) is 11.5 Å². The van der Waals surface area contributed by atoms with Crippen LogP contribution in [-0.4, -0.2) is 67.7 Å². The molecule has 2 aromatic carbocycles. The molecule has 0 N–H and O–H groups in total. The van der Waals surface area contributed by atoms with Gasteiger partial charge >= 0.3 is 0 Å². The van der Waals surface area contributed by atoms with E-state index in [9.17, 15) is 4.79 Å². The maximum Gasteiger partial charge on any atom is 0.248 e. The van der Waals surface area contributed by atoms with E-state index < -0.39 is 0 Å². The van der Waals surface area contributed by atoms with Crippen LogP contribution in [0.3, 0.4) is 0 Å². The first-order valence-corrected chi connectivity index (χ1v) is 11.8. The fourth-order valence-corrected chi connectivity index (χ4v) is 4.94. The van der Waals surface area contributed by atoms with Crippen LogP contribution in [0.15, 0.2) is 54.6 Å². The second-order valence-electron chi connectivity index (χ2n) is 9.08. The largest absolute Gasteiger partial charge is 0.486 e. The first-order chi connectivity index (χ1) is 15.7. The standard InChI is InChI=1S/C26H32N2O4/c29-26-19-31-25(21-6-2-1-3-7-21)17-28(26)15-12-20-10-13-27(14-11-20)16-22-18-30-23-8-4-5-9-24(23)32-22/h1-9,20,22,25H,10-19H2/t22-,25-/m0/s1. The van der Waals surface area contributed by atoms with Gasteiger partial charge in [-0.2, -0.15) is 0 Å². The lowest BCUT2D eigenvalue weighted by atomic mass is 9.93. The molecule has 0 aromatic heterocycles. The van der Waals surface area contributed by atoms with Gasteiger partial charge in [0.2, 0.25) is 5.91 Å². The van der Waals surface area contributed by atoms with Crippen molar-refractivity contribution in [3.05, 3.63) is 60.2 Å². The Hall–Kier alpha value is -2.57. The Kier molecular flexibility index (Phi) is 6.60. The van der Waals surface area contributed by atoms with Gasteiger partial charge in [0, 0.05) is 13.1 Å². The molecule has 0 bridgehead atoms. The van der Waals surface area contributed by atoms with Crippen LogP contribution in [0.1, 0.15) is 30.9 Å². The van der Waals surface area contributed by atoms with E-state index in [1.807, 2.05) is 47.4 Å². The summed E-state index contributed by atoms with van der Waals surface area (Å²) in [4.78, 5) is 16.9. The molecule has 6 nitrogen and oxygen atoms in total. The summed E-state index contributed by atoms with van der Waals surface area (Å²) in [5.41, 5.74) is 1.15. The maximum atomic E-state index is 12.4. The summed E-state index contributed by atoms with van der Waals surface area (Å²) in [5.74, 6) is 2.47. The topological polar surface area (TPSA) is 51.2 Å². The second-order valence-corrected chi connectivity index (χ2v) is 9.08. The van der Waals surface area contributed by atoms with Gasteiger partial charge < -0.3 is 19.1 Å². The Morgan fingerprint density at radius 1 is 0.938 bits per heavy atom. The van der Waals surface area contributed by atoms with Crippen LogP contribution in [0.2, 0.25) is 0 Å². The van der Waals surface area contributed by atoms with Crippen molar-refractivity contribution in [2.24, 2.45) is 5.92 Å². The predicted octanol–water partition coefficient (Wildman–Crippen LogP) is 3.53. The molecule has 3 heterocycles. The average molecular weight is 437 g/mol. The highest BCUT2D eigenvalue weighted by Crippen LogP contribution is 2.31. The van der Waals surface area contributed by atoms with E-state index in [2.05, 4.69) is 17.0 Å². The zero-order valence-electron chi connectivity index (χ0n) is 18.5. The minimum atomic E-state index is -0.0152. The number of carbonyl (C=O) groups is 1. The zero-order valence-corrected chi connectivity index (χ0v) is 18.5. The van der Waals surface area contributed by atoms with Gasteiger partial charge in [0.15, 0.2) is 11.5 Å². The monoisotopic (exact) mass is 436 g/mol. The van der Waals surface area contributed by atoms with E-state index in [-0.39, 0.29) is 24.7 Å². The van der Waals surface area contributed by atoms with Crippen molar-refractivity contribution in [1.29, 1.82) is 0 Å². The van der Waals surface area contributed by atoms with Crippen molar-refractivity contribution >= 4 is 5.91 Å². The van der Waals surface area contributed by atoms with Crippen LogP contribution in [0.4, 0.5) is 0 Å². The SMILES string of the molecule is O=C1CO[C@H](c2ccccc2)CN1CCC1CCN(C[C@H]2COc3ccccc3O2)CC1. The minimum Gasteiger partial charge on any atom is -0.486 e. The molecular weight excluding hydrogens is 404 g/mol. The van der Waals surface area contributed by atoms with Gasteiger partial charge in [-0.3, -0.25) is 9.69 Å². The number of carbonyl (C=O) groups excluding carboxylic acids is 1. The van der Waals surface area contributed by atoms with E-state index >= 15 is 0 Å². The molecule has 1 amide bonds. The van der Waals surface area contributed by atoms with Crippen LogP contribution >= 0.6 is 0 Å². The quantitative estimate of drug-likeness (QED) is 0.694. The van der Waals surface area contributed by atoms with Gasteiger partial charge in [0.1, 0.15) is 25.4 Å². The van der Waals surface area contributed by atoms with E-state index in [1.54, 1.807) is 0 Å². The fourth-order valence-electron chi connectivity index (χ4n) is 4.94. The van der Waals surface area contributed by atoms with E-state index in [0.29, 0.717) is 19.1 Å². The highest BCUT2D eigenvalue weighted by atomic mass is 16.6. The summed E-state index contributed by atoms with van der Waals surface area (Å²) in [5, 5.41) is 0. The summed E-state index contributed by atoms with van der Waals surface area (Å²) >= 11 is 0. The summed E-state index contributed by atoms with van der Waals surface area (Å²) in [6.07, 6.45) is 3.48. The molecule has 3 aliphatic rings. The van der Waals surface area contributed by atoms with E-state index in [1.165, 1.54) is 12.8 Å². The molecule has 2 fully saturated rings. The van der Waals surface area contributed by atoms with Crippen LogP contribution < -0.4 is 9.47 Å². The Morgan fingerprint density at radius 3 is 2.50 bits per heavy atom. The molecule has 6 heteroatoms. The highest BCUT2D eigenvalue weighted by molar-refractivity contribution is 5.78. The van der Waals surface area contributed by atoms with Gasteiger partial charge in [0.25, 0.3) is 0 Å². The third kappa shape index (κ3) is 5.08. The molecule has 5 rings (SSSR count). The first kappa shape index (κ1) is 21.3. The normalized spacial score (nSPS) is 24.5. The number of benzene rings is 2. The highest BCUT2D eigenvalue weighted by Gasteiger charge is 2.29. The number of hydrogen-bond acceptors (Lipinski definition) is 5. The fraction of sp³-hybridized carbons (Fsp3) is 0.500. The average Bonchev–Trinajstić information content (AvgIpc) is 2.85. The lowest BCUT2D eigenvalue weighted by Crippen LogP contribution is -2.45. The smallest absolute Gasteiger partial charge is 0.248 e. The molecule has 2 atom stereocenters. The molecule has 0 spiro atoms. The summed E-state index contributed by atoms with van der Waals surface area (Å²) < 4.78 is 17.8. The summed E-state index contributed by atoms with van der Waals surface area (Å²) in [6.45, 7) is 5.34. The number of nitrogens with zero attached hydrogens (tertiary/aromatic N) is 2. The molecule has 0 aliphatic carbocycles. The van der Waals surface area contributed by atoms with Gasteiger partial charge in [-0.15, -0.1) is 0 Å². The number of rotatable bonds is 6. The second kappa shape index (κ2) is 9.92. The van der Waals surface area contributed by atoms with Gasteiger partial charge in [-0.25, -0.2) is 0 Å². The van der Waals surface area contributed by atoms with Crippen molar-refractivity contribution in [2.75, 3.05) is 45.9 Å². The van der Waals surface area contributed by atoms with Crippen molar-refractivity contribution in [3.63, 3.8) is 0 Å². The molecular formula is C26H32N2O4. The third-order valence-electron chi connectivity index (χ3n) is 6.86. The molecule has 32 heavy (non-hydrogen) atoms. The number of morpholine rings is 1. The Morgan fingerprint density at radius 2 is 1.69 bits per heavy atom. The van der Waals surface area contributed by atoms with E-state index in [4.69, 9.17) is 14.2 Å². The number of amides is 1. The number of fused-ring (bicyclic) bond motifs is 1. The number of para-hydroxylation sites is 2. The van der Waals surface area contributed by atoms with Crippen LogP contribution in [0.25, 0.3) is 0 Å². The predicted molar refractivity (Wildman–Crippen MR) is 122 cm³/mol. The van der Waals surface area contributed by atoms with Gasteiger partial charge in [-0.1, -0.05) is 42.5 Å². The van der Waals surface area contributed by atoms with Gasteiger partial charge in [-0.05, 0) is 56.0 Å². The number of piperidine rings is 1. The van der Waals surface area contributed by atoms with Crippen LogP contribution in [0, 0.1) is 5.92 Å². The molecule has 0 saturated carbocycles. The maximum absolute atomic E-state index is 12.4. The van der Waals surface area contributed by atoms with E-state index in [0.717, 1.165) is 49.7 Å². The number of hydrogen-bond donors (Lipinski definition) is 0. The molecule has 170 valence electrons. The Balaban J connectivity index is 1.05. The Labute approximate surface area is 190 Å². The van der Waals surface area contributed by atoms with Crippen molar-refractivity contribution in [2.45, 2.75) is 31.5 Å². The lowest BCUT2D eigenvalue weighted by molar-refractivity contribution is -0.149. The van der Waals surface area contributed by atoms with Gasteiger partial charge in [0.05, 0.1) is 6.54 Å².